The Kier molecular flexibility index (Phi) is 2.08. The van der Waals surface area contributed by atoms with Crippen molar-refractivity contribution in [2.45, 2.75) is 19.9 Å². The molecule has 0 aliphatic carbocycles. The van der Waals surface area contributed by atoms with Gasteiger partial charge in [-0.1, -0.05) is 0 Å². The van der Waals surface area contributed by atoms with Crippen LogP contribution >= 0.6 is 0 Å². The molecule has 1 aromatic heterocycles. The number of aromatic nitrogens is 2. The summed E-state index contributed by atoms with van der Waals surface area (Å²) < 4.78 is 23.7. The van der Waals surface area contributed by atoms with E-state index < -0.39 is 9.84 Å². The minimum atomic E-state index is -2.85. The minimum absolute atomic E-state index is 0.0872. The van der Waals surface area contributed by atoms with Crippen molar-refractivity contribution in [1.82, 2.24) is 9.78 Å². The summed E-state index contributed by atoms with van der Waals surface area (Å²) in [6.45, 7) is 3.55. The Morgan fingerprint density at radius 3 is 2.47 bits per heavy atom. The third kappa shape index (κ3) is 1.53. The molecular formula is C9H11N3O2S. The quantitative estimate of drug-likeness (QED) is 0.690. The van der Waals surface area contributed by atoms with Gasteiger partial charge in [0.25, 0.3) is 0 Å². The molecule has 0 saturated carbocycles. The zero-order chi connectivity index (χ0) is 11.2. The molecular weight excluding hydrogens is 214 g/mol. The number of hydrogen-bond acceptors (Lipinski definition) is 4. The highest BCUT2D eigenvalue weighted by Gasteiger charge is 2.36. The second kappa shape index (κ2) is 3.07. The molecule has 0 spiro atoms. The van der Waals surface area contributed by atoms with E-state index in [-0.39, 0.29) is 17.5 Å². The summed E-state index contributed by atoms with van der Waals surface area (Å²) >= 11 is 0. The maximum atomic E-state index is 11.0. The first-order chi connectivity index (χ1) is 6.94. The zero-order valence-corrected chi connectivity index (χ0v) is 9.37. The number of sulfone groups is 1. The van der Waals surface area contributed by atoms with Crippen LogP contribution in [0.3, 0.4) is 0 Å². The van der Waals surface area contributed by atoms with Crippen molar-refractivity contribution in [2.24, 2.45) is 0 Å². The van der Waals surface area contributed by atoms with Crippen molar-refractivity contribution in [2.75, 3.05) is 11.5 Å². The van der Waals surface area contributed by atoms with Gasteiger partial charge in [-0.05, 0) is 13.8 Å². The summed E-state index contributed by atoms with van der Waals surface area (Å²) in [6.07, 6.45) is 0. The molecule has 2 rings (SSSR count). The maximum Gasteiger partial charge on any atom is 0.154 e. The van der Waals surface area contributed by atoms with E-state index in [1.807, 2.05) is 0 Å². The van der Waals surface area contributed by atoms with Crippen LogP contribution in [0.5, 0.6) is 0 Å². The summed E-state index contributed by atoms with van der Waals surface area (Å²) in [5.74, 6) is 0.277. The first kappa shape index (κ1) is 10.2. The average Bonchev–Trinajstić information content (AvgIpc) is 2.37. The van der Waals surface area contributed by atoms with Gasteiger partial charge in [0.1, 0.15) is 6.07 Å². The van der Waals surface area contributed by atoms with E-state index in [1.54, 1.807) is 18.5 Å². The van der Waals surface area contributed by atoms with E-state index in [1.165, 1.54) is 0 Å². The molecule has 0 aromatic carbocycles. The van der Waals surface area contributed by atoms with Crippen LogP contribution < -0.4 is 0 Å². The van der Waals surface area contributed by atoms with Gasteiger partial charge < -0.3 is 0 Å². The van der Waals surface area contributed by atoms with Gasteiger partial charge in [0.2, 0.25) is 0 Å². The van der Waals surface area contributed by atoms with E-state index in [9.17, 15) is 8.42 Å². The maximum absolute atomic E-state index is 11.0. The van der Waals surface area contributed by atoms with Gasteiger partial charge in [-0.15, -0.1) is 0 Å². The highest BCUT2D eigenvalue weighted by molar-refractivity contribution is 7.92. The summed E-state index contributed by atoms with van der Waals surface area (Å²) in [5, 5.41) is 13.1. The molecule has 1 aliphatic rings. The molecule has 1 aliphatic heterocycles. The number of aryl methyl sites for hydroxylation is 1. The van der Waals surface area contributed by atoms with Crippen LogP contribution in [0.4, 0.5) is 0 Å². The van der Waals surface area contributed by atoms with Crippen LogP contribution in [0.15, 0.2) is 0 Å². The monoisotopic (exact) mass is 225 g/mol. The Hall–Kier alpha value is -1.35. The molecule has 0 N–H and O–H groups in total. The molecule has 1 fully saturated rings. The second-order valence-electron chi connectivity index (χ2n) is 3.83. The van der Waals surface area contributed by atoms with E-state index in [0.717, 1.165) is 5.69 Å². The molecule has 15 heavy (non-hydrogen) atoms. The van der Waals surface area contributed by atoms with Gasteiger partial charge in [-0.2, -0.15) is 10.4 Å². The zero-order valence-electron chi connectivity index (χ0n) is 8.56. The largest absolute Gasteiger partial charge is 0.263 e. The van der Waals surface area contributed by atoms with Crippen molar-refractivity contribution < 1.29 is 8.42 Å². The fraction of sp³-hybridized carbons (Fsp3) is 0.556. The molecule has 0 unspecified atom stereocenters. The highest BCUT2D eigenvalue weighted by Crippen LogP contribution is 2.26. The normalized spacial score (nSPS) is 19.5. The third-order valence-electron chi connectivity index (χ3n) is 2.68. The fourth-order valence-corrected chi connectivity index (χ4v) is 3.22. The van der Waals surface area contributed by atoms with Gasteiger partial charge in [-0.25, -0.2) is 8.42 Å². The predicted octanol–water partition coefficient (Wildman–Crippen LogP) is 0.341. The van der Waals surface area contributed by atoms with Crippen LogP contribution in [0.25, 0.3) is 0 Å². The van der Waals surface area contributed by atoms with E-state index in [2.05, 4.69) is 11.2 Å². The molecule has 0 radical (unpaired) electrons. The van der Waals surface area contributed by atoms with Gasteiger partial charge in [-0.3, -0.25) is 4.68 Å². The van der Waals surface area contributed by atoms with Crippen LogP contribution in [-0.2, 0) is 9.84 Å². The third-order valence-corrected chi connectivity index (χ3v) is 4.46. The molecule has 0 amide bonds. The van der Waals surface area contributed by atoms with Crippen molar-refractivity contribution in [3.05, 3.63) is 17.0 Å². The Labute approximate surface area is 88.2 Å². The summed E-state index contributed by atoms with van der Waals surface area (Å²) in [6, 6.07) is 1.99. The number of nitrogens with zero attached hydrogens (tertiary/aromatic N) is 3. The number of hydrogen-bond donors (Lipinski definition) is 0. The Morgan fingerprint density at radius 2 is 2.07 bits per heavy atom. The van der Waals surface area contributed by atoms with Gasteiger partial charge >= 0.3 is 0 Å². The predicted molar refractivity (Wildman–Crippen MR) is 54.1 cm³/mol. The van der Waals surface area contributed by atoms with Crippen molar-refractivity contribution in [1.29, 1.82) is 5.26 Å². The highest BCUT2D eigenvalue weighted by atomic mass is 32.2. The minimum Gasteiger partial charge on any atom is -0.263 e. The Bertz CT molecular complexity index is 539. The molecule has 0 atom stereocenters. The summed E-state index contributed by atoms with van der Waals surface area (Å²) in [7, 11) is -2.85. The average molecular weight is 225 g/mol. The van der Waals surface area contributed by atoms with Gasteiger partial charge in [0.05, 0.1) is 34.5 Å². The van der Waals surface area contributed by atoms with E-state index in [4.69, 9.17) is 5.26 Å². The molecule has 6 heteroatoms. The lowest BCUT2D eigenvalue weighted by molar-refractivity contribution is 0.464. The second-order valence-corrected chi connectivity index (χ2v) is 5.99. The number of rotatable bonds is 1. The summed E-state index contributed by atoms with van der Waals surface area (Å²) in [5.41, 5.74) is 1.98. The molecule has 2 heterocycles. The molecule has 1 saturated heterocycles. The smallest absolute Gasteiger partial charge is 0.154 e. The fourth-order valence-electron chi connectivity index (χ4n) is 1.86. The molecule has 0 bridgehead atoms. The van der Waals surface area contributed by atoms with Crippen molar-refractivity contribution in [3.8, 4) is 6.07 Å². The first-order valence-electron chi connectivity index (χ1n) is 4.61. The van der Waals surface area contributed by atoms with Crippen LogP contribution in [0.1, 0.15) is 23.0 Å². The Balaban J connectivity index is 2.37. The number of nitriles is 1. The lowest BCUT2D eigenvalue weighted by Crippen LogP contribution is -2.39. The van der Waals surface area contributed by atoms with Gasteiger partial charge in [0, 0.05) is 0 Å². The standard InChI is InChI=1S/C9H11N3O2S/c1-6-9(3-10)7(2)12(11-6)8-4-15(13,14)5-8/h8H,4-5H2,1-2H3. The van der Waals surface area contributed by atoms with Crippen LogP contribution in [0, 0.1) is 25.2 Å². The molecule has 1 aromatic rings. The van der Waals surface area contributed by atoms with Crippen LogP contribution in [-0.4, -0.2) is 29.7 Å². The van der Waals surface area contributed by atoms with Gasteiger partial charge in [0.15, 0.2) is 9.84 Å². The lowest BCUT2D eigenvalue weighted by Gasteiger charge is -2.26. The lowest BCUT2D eigenvalue weighted by atomic mass is 10.2. The van der Waals surface area contributed by atoms with Crippen molar-refractivity contribution >= 4 is 9.84 Å². The van der Waals surface area contributed by atoms with Crippen LogP contribution in [0.2, 0.25) is 0 Å². The van der Waals surface area contributed by atoms with E-state index in [0.29, 0.717) is 11.3 Å². The first-order valence-corrected chi connectivity index (χ1v) is 6.43. The molecule has 80 valence electrons. The molecule has 5 nitrogen and oxygen atoms in total. The van der Waals surface area contributed by atoms with E-state index >= 15 is 0 Å². The Morgan fingerprint density at radius 1 is 1.47 bits per heavy atom. The topological polar surface area (TPSA) is 75.8 Å². The SMILES string of the molecule is Cc1nn(C2CS(=O)(=O)C2)c(C)c1C#N. The summed E-state index contributed by atoms with van der Waals surface area (Å²) in [4.78, 5) is 0. The van der Waals surface area contributed by atoms with Crippen molar-refractivity contribution in [3.63, 3.8) is 0 Å².